The number of piperazine rings is 1. The molecule has 0 aliphatic carbocycles. The van der Waals surface area contributed by atoms with Gasteiger partial charge in [0, 0.05) is 37.1 Å². The van der Waals surface area contributed by atoms with Crippen molar-refractivity contribution >= 4 is 24.4 Å². The summed E-state index contributed by atoms with van der Waals surface area (Å²) >= 11 is 1.94. The first kappa shape index (κ1) is 11.9. The van der Waals surface area contributed by atoms with E-state index in [1.165, 1.54) is 24.5 Å². The lowest BCUT2D eigenvalue weighted by atomic mass is 10.1. The lowest BCUT2D eigenvalue weighted by molar-refractivity contribution is 0.277. The molecule has 86 valence electrons. The predicted octanol–water partition coefficient (Wildman–Crippen LogP) is 1.09. The van der Waals surface area contributed by atoms with E-state index in [2.05, 4.69) is 54.3 Å². The van der Waals surface area contributed by atoms with E-state index in [4.69, 9.17) is 0 Å². The minimum Gasteiger partial charge on any atom is -0.365 e. The Morgan fingerprint density at radius 1 is 1.31 bits per heavy atom. The first-order valence-corrected chi connectivity index (χ1v) is 7.20. The molecule has 0 amide bonds. The molecule has 1 atom stereocenters. The van der Waals surface area contributed by atoms with Crippen molar-refractivity contribution in [3.63, 3.8) is 0 Å². The fourth-order valence-electron chi connectivity index (χ4n) is 2.31. The number of rotatable bonds is 3. The van der Waals surface area contributed by atoms with E-state index in [1.807, 2.05) is 11.6 Å². The third-order valence-corrected chi connectivity index (χ3v) is 3.85. The molecule has 1 saturated heterocycles. The van der Waals surface area contributed by atoms with Crippen LogP contribution in [-0.4, -0.2) is 50.5 Å². The van der Waals surface area contributed by atoms with Crippen LogP contribution in [0.15, 0.2) is 30.3 Å². The number of nitrogens with zero attached hydrogens (tertiary/aromatic N) is 2. The van der Waals surface area contributed by atoms with Gasteiger partial charge in [-0.05, 0) is 19.2 Å². The second-order valence-electron chi connectivity index (χ2n) is 4.40. The highest BCUT2D eigenvalue weighted by Gasteiger charge is 2.24. The maximum absolute atomic E-state index is 2.55. The number of hydrogen-bond donors (Lipinski definition) is 0. The summed E-state index contributed by atoms with van der Waals surface area (Å²) in [5.74, 6) is 1.21. The maximum Gasteiger partial charge on any atom is 0.173 e. The maximum atomic E-state index is 2.55. The summed E-state index contributed by atoms with van der Waals surface area (Å²) in [7, 11) is 4.41. The summed E-state index contributed by atoms with van der Waals surface area (Å²) in [6.07, 6.45) is 0. The molecule has 1 unspecified atom stereocenters. The first-order chi connectivity index (χ1) is 7.81. The SMILES string of the molecule is BSCC1CN(C)CCN1c1ccccc1. The van der Waals surface area contributed by atoms with Gasteiger partial charge >= 0.3 is 0 Å². The molecule has 0 aromatic heterocycles. The van der Waals surface area contributed by atoms with E-state index in [-0.39, 0.29) is 0 Å². The highest BCUT2D eigenvalue weighted by Crippen LogP contribution is 2.21. The van der Waals surface area contributed by atoms with E-state index < -0.39 is 0 Å². The predicted molar refractivity (Wildman–Crippen MR) is 76.1 cm³/mol. The molecule has 4 heteroatoms. The average molecular weight is 234 g/mol. The van der Waals surface area contributed by atoms with Gasteiger partial charge in [0.05, 0.1) is 0 Å². The summed E-state index contributed by atoms with van der Waals surface area (Å²) in [5, 5.41) is 0. The Labute approximate surface area is 103 Å². The van der Waals surface area contributed by atoms with Crippen molar-refractivity contribution in [3.05, 3.63) is 30.3 Å². The van der Waals surface area contributed by atoms with Gasteiger partial charge in [-0.15, -0.1) is 0 Å². The minimum atomic E-state index is 0.649. The quantitative estimate of drug-likeness (QED) is 0.723. The summed E-state index contributed by atoms with van der Waals surface area (Å²) < 4.78 is 0. The number of benzene rings is 1. The molecule has 1 aromatic rings. The Bertz CT molecular complexity index is 320. The molecule has 0 saturated carbocycles. The Kier molecular flexibility index (Phi) is 4.19. The molecule has 1 heterocycles. The molecule has 1 aromatic carbocycles. The van der Waals surface area contributed by atoms with Crippen molar-refractivity contribution < 1.29 is 0 Å². The molecule has 1 fully saturated rings. The molecule has 0 spiro atoms. The second-order valence-corrected chi connectivity index (χ2v) is 5.31. The Hall–Kier alpha value is -0.605. The molecular formula is C12H19BN2S. The van der Waals surface area contributed by atoms with E-state index in [0.29, 0.717) is 6.04 Å². The third-order valence-electron chi connectivity index (χ3n) is 3.13. The Balaban J connectivity index is 2.12. The Morgan fingerprint density at radius 3 is 2.75 bits per heavy atom. The summed E-state index contributed by atoms with van der Waals surface area (Å²) in [5.41, 5.74) is 1.37. The van der Waals surface area contributed by atoms with E-state index >= 15 is 0 Å². The summed E-state index contributed by atoms with van der Waals surface area (Å²) in [6, 6.07) is 11.4. The van der Waals surface area contributed by atoms with Crippen LogP contribution >= 0.6 is 11.6 Å². The van der Waals surface area contributed by atoms with Crippen LogP contribution in [0, 0.1) is 0 Å². The van der Waals surface area contributed by atoms with Gasteiger partial charge in [0.25, 0.3) is 0 Å². The zero-order chi connectivity index (χ0) is 11.4. The van der Waals surface area contributed by atoms with Crippen LogP contribution in [0.3, 0.4) is 0 Å². The molecule has 0 radical (unpaired) electrons. The van der Waals surface area contributed by atoms with Gasteiger partial charge in [-0.3, -0.25) is 0 Å². The number of anilines is 1. The highest BCUT2D eigenvalue weighted by molar-refractivity contribution is 8.19. The first-order valence-electron chi connectivity index (χ1n) is 5.80. The van der Waals surface area contributed by atoms with Crippen LogP contribution in [-0.2, 0) is 0 Å². The van der Waals surface area contributed by atoms with Crippen molar-refractivity contribution in [1.29, 1.82) is 0 Å². The van der Waals surface area contributed by atoms with Crippen LogP contribution < -0.4 is 4.90 Å². The standard InChI is InChI=1S/C12H19BN2S/c1-14-7-8-15(12(9-14)10-16-13)11-5-3-2-4-6-11/h2-6,12H,7-10,13H2,1H3. The second kappa shape index (κ2) is 5.64. The Morgan fingerprint density at radius 2 is 2.06 bits per heavy atom. The molecule has 2 rings (SSSR count). The van der Waals surface area contributed by atoms with Crippen molar-refractivity contribution in [3.8, 4) is 0 Å². The van der Waals surface area contributed by atoms with E-state index in [0.717, 1.165) is 6.54 Å². The third kappa shape index (κ3) is 2.74. The normalized spacial score (nSPS) is 22.3. The van der Waals surface area contributed by atoms with Crippen LogP contribution in [0.2, 0.25) is 0 Å². The minimum absolute atomic E-state index is 0.649. The van der Waals surface area contributed by atoms with Crippen LogP contribution in [0.4, 0.5) is 5.69 Å². The zero-order valence-corrected chi connectivity index (χ0v) is 10.9. The number of likely N-dealkylation sites (N-methyl/N-ethyl adjacent to an activating group) is 1. The largest absolute Gasteiger partial charge is 0.365 e. The van der Waals surface area contributed by atoms with Crippen LogP contribution in [0.1, 0.15) is 0 Å². The van der Waals surface area contributed by atoms with Gasteiger partial charge in [-0.1, -0.05) is 18.2 Å². The van der Waals surface area contributed by atoms with Gasteiger partial charge in [0.15, 0.2) is 7.12 Å². The van der Waals surface area contributed by atoms with Crippen molar-refractivity contribution in [2.45, 2.75) is 6.04 Å². The molecule has 1 aliphatic heterocycles. The zero-order valence-electron chi connectivity index (χ0n) is 10.1. The van der Waals surface area contributed by atoms with Crippen molar-refractivity contribution in [2.24, 2.45) is 0 Å². The lowest BCUT2D eigenvalue weighted by Gasteiger charge is -2.41. The van der Waals surface area contributed by atoms with Gasteiger partial charge in [-0.2, -0.15) is 0 Å². The van der Waals surface area contributed by atoms with E-state index in [9.17, 15) is 0 Å². The summed E-state index contributed by atoms with van der Waals surface area (Å²) in [6.45, 7) is 3.49. The molecule has 1 aliphatic rings. The molecule has 16 heavy (non-hydrogen) atoms. The summed E-state index contributed by atoms with van der Waals surface area (Å²) in [4.78, 5) is 4.98. The smallest absolute Gasteiger partial charge is 0.173 e. The highest BCUT2D eigenvalue weighted by atomic mass is 32.2. The topological polar surface area (TPSA) is 6.48 Å². The van der Waals surface area contributed by atoms with Crippen molar-refractivity contribution in [1.82, 2.24) is 4.90 Å². The van der Waals surface area contributed by atoms with Crippen LogP contribution in [0.5, 0.6) is 0 Å². The molecule has 2 nitrogen and oxygen atoms in total. The number of para-hydroxylation sites is 1. The van der Waals surface area contributed by atoms with Gasteiger partial charge < -0.3 is 9.80 Å². The monoisotopic (exact) mass is 234 g/mol. The molecular weight excluding hydrogens is 215 g/mol. The average Bonchev–Trinajstić information content (AvgIpc) is 2.31. The number of hydrogen-bond acceptors (Lipinski definition) is 3. The van der Waals surface area contributed by atoms with Gasteiger partial charge in [-0.25, -0.2) is 11.6 Å². The van der Waals surface area contributed by atoms with E-state index in [1.54, 1.807) is 0 Å². The lowest BCUT2D eigenvalue weighted by Crippen LogP contribution is -2.53. The van der Waals surface area contributed by atoms with Crippen LogP contribution in [0.25, 0.3) is 0 Å². The molecule has 0 N–H and O–H groups in total. The van der Waals surface area contributed by atoms with Gasteiger partial charge in [0.2, 0.25) is 0 Å². The fraction of sp³-hybridized carbons (Fsp3) is 0.500. The van der Waals surface area contributed by atoms with Gasteiger partial charge in [0.1, 0.15) is 0 Å². The fourth-order valence-corrected chi connectivity index (χ4v) is 2.98. The molecule has 0 bridgehead atoms. The van der Waals surface area contributed by atoms with Crippen molar-refractivity contribution in [2.75, 3.05) is 37.3 Å².